The molecule has 4 aromatic carbocycles. The van der Waals surface area contributed by atoms with Gasteiger partial charge in [0.15, 0.2) is 0 Å². The van der Waals surface area contributed by atoms with Gasteiger partial charge in [0.05, 0.1) is 11.6 Å². The molecule has 1 fully saturated rings. The molecule has 1 unspecified atom stereocenters. The van der Waals surface area contributed by atoms with Crippen molar-refractivity contribution in [2.75, 3.05) is 0 Å². The van der Waals surface area contributed by atoms with E-state index in [0.717, 1.165) is 23.1 Å². The van der Waals surface area contributed by atoms with Crippen LogP contribution in [0.3, 0.4) is 0 Å². The summed E-state index contributed by atoms with van der Waals surface area (Å²) in [5.74, 6) is -0.168. The van der Waals surface area contributed by atoms with Crippen molar-refractivity contribution in [1.82, 2.24) is 5.43 Å². The van der Waals surface area contributed by atoms with Crippen LogP contribution in [0.5, 0.6) is 0 Å². The predicted molar refractivity (Wildman–Crippen MR) is 126 cm³/mol. The van der Waals surface area contributed by atoms with Gasteiger partial charge in [-0.05, 0) is 46.9 Å². The molecule has 4 aromatic rings. The molecule has 5 rings (SSSR count). The van der Waals surface area contributed by atoms with E-state index in [-0.39, 0.29) is 17.2 Å². The molecule has 31 heavy (non-hydrogen) atoms. The summed E-state index contributed by atoms with van der Waals surface area (Å²) in [7, 11) is 0. The van der Waals surface area contributed by atoms with E-state index in [4.69, 9.17) is 0 Å². The van der Waals surface area contributed by atoms with Gasteiger partial charge >= 0.3 is 0 Å². The lowest BCUT2D eigenvalue weighted by Gasteiger charge is -2.18. The van der Waals surface area contributed by atoms with E-state index < -0.39 is 0 Å². The predicted octanol–water partition coefficient (Wildman–Crippen LogP) is 5.69. The van der Waals surface area contributed by atoms with E-state index in [0.29, 0.717) is 0 Å². The SMILES string of the molecule is C/C(=N\NC(=O)C1CC1(c1ccccc1)c1ccccc1)c1ccc2ccccc2c1. The van der Waals surface area contributed by atoms with Crippen LogP contribution >= 0.6 is 0 Å². The molecule has 0 aromatic heterocycles. The zero-order valence-corrected chi connectivity index (χ0v) is 17.5. The van der Waals surface area contributed by atoms with Gasteiger partial charge in [-0.3, -0.25) is 4.79 Å². The van der Waals surface area contributed by atoms with Gasteiger partial charge in [-0.25, -0.2) is 5.43 Å². The van der Waals surface area contributed by atoms with Crippen molar-refractivity contribution >= 4 is 22.4 Å². The van der Waals surface area contributed by atoms with Crippen molar-refractivity contribution in [1.29, 1.82) is 0 Å². The van der Waals surface area contributed by atoms with Crippen molar-refractivity contribution in [3.63, 3.8) is 0 Å². The number of carbonyl (C=O) groups excluding carboxylic acids is 1. The number of rotatable bonds is 5. The van der Waals surface area contributed by atoms with Crippen LogP contribution in [-0.4, -0.2) is 11.6 Å². The molecule has 152 valence electrons. The summed E-state index contributed by atoms with van der Waals surface area (Å²) in [6.45, 7) is 1.93. The minimum Gasteiger partial charge on any atom is -0.273 e. The second-order valence-electron chi connectivity index (χ2n) is 8.20. The zero-order valence-electron chi connectivity index (χ0n) is 17.5. The zero-order chi connectivity index (χ0) is 21.3. The lowest BCUT2D eigenvalue weighted by atomic mass is 9.85. The summed E-state index contributed by atoms with van der Waals surface area (Å²) in [4.78, 5) is 13.1. The molecule has 0 radical (unpaired) electrons. The standard InChI is InChI=1S/C28H24N2O/c1-20(22-17-16-21-10-8-9-11-23(21)18-22)29-30-27(31)26-19-28(26,24-12-4-2-5-13-24)25-14-6-3-7-15-25/h2-18,26H,19H2,1H3,(H,30,31)/b29-20+. The maximum absolute atomic E-state index is 13.1. The first kappa shape index (κ1) is 19.3. The van der Waals surface area contributed by atoms with Crippen LogP contribution in [0.25, 0.3) is 10.8 Å². The van der Waals surface area contributed by atoms with Gasteiger partial charge in [0.25, 0.3) is 0 Å². The summed E-state index contributed by atoms with van der Waals surface area (Å²) in [5.41, 5.74) is 6.71. The van der Waals surface area contributed by atoms with E-state index in [2.05, 4.69) is 59.1 Å². The van der Waals surface area contributed by atoms with Gasteiger partial charge < -0.3 is 0 Å². The first-order valence-electron chi connectivity index (χ1n) is 10.6. The quantitative estimate of drug-likeness (QED) is 0.337. The molecule has 3 nitrogen and oxygen atoms in total. The minimum atomic E-state index is -0.279. The third-order valence-corrected chi connectivity index (χ3v) is 6.36. The second kappa shape index (κ2) is 7.84. The maximum Gasteiger partial charge on any atom is 0.244 e. The van der Waals surface area contributed by atoms with Gasteiger partial charge in [-0.15, -0.1) is 0 Å². The number of amides is 1. The summed E-state index contributed by atoms with van der Waals surface area (Å²) in [6, 6.07) is 35.1. The van der Waals surface area contributed by atoms with Crippen molar-refractivity contribution in [3.8, 4) is 0 Å². The normalized spacial score (nSPS) is 17.3. The maximum atomic E-state index is 13.1. The molecule has 3 heteroatoms. The van der Waals surface area contributed by atoms with Crippen LogP contribution in [0.1, 0.15) is 30.0 Å². The number of hydrazone groups is 1. The van der Waals surface area contributed by atoms with Crippen LogP contribution in [0.4, 0.5) is 0 Å². The molecule has 0 aliphatic heterocycles. The first-order valence-corrected chi connectivity index (χ1v) is 10.6. The number of hydrogen-bond acceptors (Lipinski definition) is 2. The Hall–Kier alpha value is -3.72. The van der Waals surface area contributed by atoms with Crippen LogP contribution in [0.2, 0.25) is 0 Å². The highest BCUT2D eigenvalue weighted by Crippen LogP contribution is 2.58. The van der Waals surface area contributed by atoms with Gasteiger partial charge in [0.2, 0.25) is 5.91 Å². The van der Waals surface area contributed by atoms with Gasteiger partial charge in [0, 0.05) is 5.41 Å². The fourth-order valence-corrected chi connectivity index (χ4v) is 4.55. The summed E-state index contributed by atoms with van der Waals surface area (Å²) in [5, 5.41) is 6.79. The van der Waals surface area contributed by atoms with E-state index >= 15 is 0 Å². The Kier molecular flexibility index (Phi) is 4.87. The van der Waals surface area contributed by atoms with Gasteiger partial charge in [-0.2, -0.15) is 5.10 Å². The van der Waals surface area contributed by atoms with Crippen LogP contribution in [0.15, 0.2) is 108 Å². The number of hydrogen-bond donors (Lipinski definition) is 1. The lowest BCUT2D eigenvalue weighted by molar-refractivity contribution is -0.122. The monoisotopic (exact) mass is 404 g/mol. The molecule has 0 saturated heterocycles. The largest absolute Gasteiger partial charge is 0.273 e. The minimum absolute atomic E-state index is 0.0344. The molecular formula is C28H24N2O. The highest BCUT2D eigenvalue weighted by molar-refractivity contribution is 6.02. The van der Waals surface area contributed by atoms with E-state index in [9.17, 15) is 4.79 Å². The average molecular weight is 405 g/mol. The molecule has 1 N–H and O–H groups in total. The van der Waals surface area contributed by atoms with Crippen LogP contribution in [0, 0.1) is 5.92 Å². The molecule has 1 atom stereocenters. The van der Waals surface area contributed by atoms with Crippen LogP contribution < -0.4 is 5.43 Å². The van der Waals surface area contributed by atoms with Crippen molar-refractivity contribution in [2.45, 2.75) is 18.8 Å². The molecule has 1 saturated carbocycles. The molecule has 0 bridgehead atoms. The fourth-order valence-electron chi connectivity index (χ4n) is 4.55. The molecule has 0 heterocycles. The van der Waals surface area contributed by atoms with Gasteiger partial charge in [0.1, 0.15) is 0 Å². The number of benzene rings is 4. The van der Waals surface area contributed by atoms with Crippen LogP contribution in [-0.2, 0) is 10.2 Å². The van der Waals surface area contributed by atoms with E-state index in [1.54, 1.807) is 0 Å². The first-order chi connectivity index (χ1) is 15.2. The molecule has 1 aliphatic rings. The fraction of sp³-hybridized carbons (Fsp3) is 0.143. The number of nitrogens with one attached hydrogen (secondary N) is 1. The summed E-state index contributed by atoms with van der Waals surface area (Å²) >= 11 is 0. The third-order valence-electron chi connectivity index (χ3n) is 6.36. The number of fused-ring (bicyclic) bond motifs is 1. The molecule has 1 amide bonds. The Bertz CT molecular complexity index is 1220. The highest BCUT2D eigenvalue weighted by Gasteiger charge is 2.60. The summed E-state index contributed by atoms with van der Waals surface area (Å²) < 4.78 is 0. The van der Waals surface area contributed by atoms with Crippen molar-refractivity contribution in [2.24, 2.45) is 11.0 Å². The van der Waals surface area contributed by atoms with E-state index in [1.807, 2.05) is 61.5 Å². The van der Waals surface area contributed by atoms with Crippen molar-refractivity contribution in [3.05, 3.63) is 120 Å². The Morgan fingerprint density at radius 1 is 0.806 bits per heavy atom. The second-order valence-corrected chi connectivity index (χ2v) is 8.20. The Morgan fingerprint density at radius 2 is 1.39 bits per heavy atom. The van der Waals surface area contributed by atoms with Gasteiger partial charge in [-0.1, -0.05) is 97.1 Å². The number of nitrogens with zero attached hydrogens (tertiary/aromatic N) is 1. The Labute approximate surface area is 182 Å². The number of carbonyl (C=O) groups is 1. The topological polar surface area (TPSA) is 41.5 Å². The van der Waals surface area contributed by atoms with Crippen molar-refractivity contribution < 1.29 is 4.79 Å². The molecular weight excluding hydrogens is 380 g/mol. The van der Waals surface area contributed by atoms with E-state index in [1.165, 1.54) is 16.5 Å². The smallest absolute Gasteiger partial charge is 0.244 e. The average Bonchev–Trinajstić information content (AvgIpc) is 3.60. The Balaban J connectivity index is 1.38. The lowest BCUT2D eigenvalue weighted by Crippen LogP contribution is -2.26. The summed E-state index contributed by atoms with van der Waals surface area (Å²) in [6.07, 6.45) is 0.789. The molecule has 1 aliphatic carbocycles. The molecule has 0 spiro atoms. The third kappa shape index (κ3) is 3.53. The highest BCUT2D eigenvalue weighted by atomic mass is 16.2. The Morgan fingerprint density at radius 3 is 2.03 bits per heavy atom.